The van der Waals surface area contributed by atoms with Crippen LogP contribution in [-0.4, -0.2) is 17.4 Å². The molecule has 2 aromatic carbocycles. The van der Waals surface area contributed by atoms with Gasteiger partial charge in [-0.2, -0.15) is 0 Å². The van der Waals surface area contributed by atoms with E-state index >= 15 is 0 Å². The van der Waals surface area contributed by atoms with Crippen molar-refractivity contribution in [1.29, 1.82) is 0 Å². The number of hydrogen-bond donors (Lipinski definition) is 2. The average Bonchev–Trinajstić information content (AvgIpc) is 3.01. The molecule has 0 spiro atoms. The molecular formula is C21H24N2O2. The van der Waals surface area contributed by atoms with E-state index in [0.717, 1.165) is 18.4 Å². The third kappa shape index (κ3) is 4.92. The Labute approximate surface area is 148 Å². The molecule has 1 aliphatic rings. The van der Waals surface area contributed by atoms with Crippen molar-refractivity contribution < 1.29 is 9.59 Å². The summed E-state index contributed by atoms with van der Waals surface area (Å²) >= 11 is 0. The molecule has 1 heterocycles. The molecule has 4 heteroatoms. The minimum Gasteiger partial charge on any atom is -0.352 e. The standard InChI is InChI=1S/C21H24N2O2/c24-19(22-16-18-9-5-2-6-10-18)11-13-21(14-12-20(25)23-21)15-17-7-3-1-4-8-17/h1-10H,11-16H2,(H,22,24)(H,23,25). The van der Waals surface area contributed by atoms with Gasteiger partial charge in [0.1, 0.15) is 0 Å². The Kier molecular flexibility index (Phi) is 5.49. The lowest BCUT2D eigenvalue weighted by molar-refractivity contribution is -0.122. The Hall–Kier alpha value is -2.62. The van der Waals surface area contributed by atoms with Crippen LogP contribution in [0.3, 0.4) is 0 Å². The summed E-state index contributed by atoms with van der Waals surface area (Å²) in [5.74, 6) is 0.109. The minimum absolute atomic E-state index is 0.0254. The lowest BCUT2D eigenvalue weighted by atomic mass is 9.85. The first kappa shape index (κ1) is 17.2. The number of benzene rings is 2. The molecule has 0 aliphatic carbocycles. The largest absolute Gasteiger partial charge is 0.352 e. The van der Waals surface area contributed by atoms with Crippen LogP contribution in [0.5, 0.6) is 0 Å². The average molecular weight is 336 g/mol. The predicted molar refractivity (Wildman–Crippen MR) is 97.8 cm³/mol. The molecule has 1 atom stereocenters. The van der Waals surface area contributed by atoms with Crippen molar-refractivity contribution in [3.63, 3.8) is 0 Å². The van der Waals surface area contributed by atoms with Gasteiger partial charge in [-0.1, -0.05) is 60.7 Å². The quantitative estimate of drug-likeness (QED) is 0.817. The van der Waals surface area contributed by atoms with Gasteiger partial charge in [0.15, 0.2) is 0 Å². The molecule has 25 heavy (non-hydrogen) atoms. The van der Waals surface area contributed by atoms with Gasteiger partial charge >= 0.3 is 0 Å². The van der Waals surface area contributed by atoms with Crippen LogP contribution in [-0.2, 0) is 22.6 Å². The van der Waals surface area contributed by atoms with Gasteiger partial charge in [0, 0.05) is 24.9 Å². The molecule has 1 fully saturated rings. The molecule has 1 unspecified atom stereocenters. The molecule has 0 bridgehead atoms. The number of carbonyl (C=O) groups is 2. The third-order valence-electron chi connectivity index (χ3n) is 4.78. The Morgan fingerprint density at radius 3 is 2.24 bits per heavy atom. The van der Waals surface area contributed by atoms with E-state index in [1.165, 1.54) is 5.56 Å². The Morgan fingerprint density at radius 2 is 1.64 bits per heavy atom. The number of hydrogen-bond acceptors (Lipinski definition) is 2. The van der Waals surface area contributed by atoms with Crippen LogP contribution in [0.1, 0.15) is 36.8 Å². The van der Waals surface area contributed by atoms with Crippen molar-refractivity contribution in [2.24, 2.45) is 0 Å². The Balaban J connectivity index is 1.55. The van der Waals surface area contributed by atoms with Crippen LogP contribution in [0, 0.1) is 0 Å². The van der Waals surface area contributed by atoms with E-state index in [4.69, 9.17) is 0 Å². The summed E-state index contributed by atoms with van der Waals surface area (Å²) in [6.07, 6.45) is 3.17. The van der Waals surface area contributed by atoms with Crippen molar-refractivity contribution in [2.75, 3.05) is 0 Å². The van der Waals surface area contributed by atoms with Gasteiger partial charge in [-0.05, 0) is 30.4 Å². The molecule has 0 saturated carbocycles. The highest BCUT2D eigenvalue weighted by Crippen LogP contribution is 2.29. The topological polar surface area (TPSA) is 58.2 Å². The first-order valence-corrected chi connectivity index (χ1v) is 8.81. The number of rotatable bonds is 7. The van der Waals surface area contributed by atoms with Gasteiger partial charge in [-0.3, -0.25) is 9.59 Å². The van der Waals surface area contributed by atoms with Crippen molar-refractivity contribution in [3.8, 4) is 0 Å². The summed E-state index contributed by atoms with van der Waals surface area (Å²) in [5.41, 5.74) is 1.97. The monoisotopic (exact) mass is 336 g/mol. The van der Waals surface area contributed by atoms with E-state index in [1.807, 2.05) is 48.5 Å². The fraction of sp³-hybridized carbons (Fsp3) is 0.333. The normalized spacial score (nSPS) is 19.4. The van der Waals surface area contributed by atoms with Crippen molar-refractivity contribution in [3.05, 3.63) is 71.8 Å². The van der Waals surface area contributed by atoms with Crippen LogP contribution >= 0.6 is 0 Å². The van der Waals surface area contributed by atoms with Gasteiger partial charge in [-0.15, -0.1) is 0 Å². The van der Waals surface area contributed by atoms with Crippen molar-refractivity contribution >= 4 is 11.8 Å². The number of amides is 2. The van der Waals surface area contributed by atoms with E-state index in [1.54, 1.807) is 0 Å². The van der Waals surface area contributed by atoms with E-state index < -0.39 is 0 Å². The maximum absolute atomic E-state index is 12.2. The van der Waals surface area contributed by atoms with E-state index in [2.05, 4.69) is 22.8 Å². The third-order valence-corrected chi connectivity index (χ3v) is 4.78. The van der Waals surface area contributed by atoms with Gasteiger partial charge in [0.05, 0.1) is 0 Å². The second-order valence-electron chi connectivity index (χ2n) is 6.75. The summed E-state index contributed by atoms with van der Waals surface area (Å²) < 4.78 is 0. The molecule has 2 aromatic rings. The lowest BCUT2D eigenvalue weighted by Gasteiger charge is -2.29. The second kappa shape index (κ2) is 7.97. The summed E-state index contributed by atoms with van der Waals surface area (Å²) in [5, 5.41) is 6.09. The smallest absolute Gasteiger partial charge is 0.220 e. The summed E-state index contributed by atoms with van der Waals surface area (Å²) in [6.45, 7) is 0.539. The lowest BCUT2D eigenvalue weighted by Crippen LogP contribution is -2.44. The van der Waals surface area contributed by atoms with Gasteiger partial charge < -0.3 is 10.6 Å². The molecule has 3 rings (SSSR count). The van der Waals surface area contributed by atoms with E-state index in [0.29, 0.717) is 25.8 Å². The fourth-order valence-corrected chi connectivity index (χ4v) is 3.41. The zero-order valence-electron chi connectivity index (χ0n) is 14.3. The summed E-state index contributed by atoms with van der Waals surface area (Å²) in [6, 6.07) is 20.0. The van der Waals surface area contributed by atoms with Gasteiger partial charge in [-0.25, -0.2) is 0 Å². The predicted octanol–water partition coefficient (Wildman–Crippen LogP) is 2.97. The van der Waals surface area contributed by atoms with E-state index in [9.17, 15) is 9.59 Å². The maximum atomic E-state index is 12.2. The zero-order valence-corrected chi connectivity index (χ0v) is 14.3. The molecule has 4 nitrogen and oxygen atoms in total. The minimum atomic E-state index is -0.303. The number of nitrogens with one attached hydrogen (secondary N) is 2. The molecule has 2 N–H and O–H groups in total. The highest BCUT2D eigenvalue weighted by Gasteiger charge is 2.37. The summed E-state index contributed by atoms with van der Waals surface area (Å²) in [7, 11) is 0. The number of carbonyl (C=O) groups excluding carboxylic acids is 2. The molecule has 1 aliphatic heterocycles. The fourth-order valence-electron chi connectivity index (χ4n) is 3.41. The first-order valence-electron chi connectivity index (χ1n) is 8.81. The van der Waals surface area contributed by atoms with E-state index in [-0.39, 0.29) is 17.4 Å². The molecule has 0 aromatic heterocycles. The molecule has 2 amide bonds. The van der Waals surface area contributed by atoms with Crippen LogP contribution in [0.2, 0.25) is 0 Å². The summed E-state index contributed by atoms with van der Waals surface area (Å²) in [4.78, 5) is 24.0. The van der Waals surface area contributed by atoms with Crippen LogP contribution in [0.4, 0.5) is 0 Å². The van der Waals surface area contributed by atoms with Crippen LogP contribution in [0.15, 0.2) is 60.7 Å². The highest BCUT2D eigenvalue weighted by molar-refractivity contribution is 5.80. The zero-order chi connectivity index (χ0) is 17.5. The first-order chi connectivity index (χ1) is 12.2. The Bertz CT molecular complexity index is 715. The molecule has 0 radical (unpaired) electrons. The van der Waals surface area contributed by atoms with Crippen LogP contribution < -0.4 is 10.6 Å². The van der Waals surface area contributed by atoms with Crippen molar-refractivity contribution in [1.82, 2.24) is 10.6 Å². The van der Waals surface area contributed by atoms with Gasteiger partial charge in [0.25, 0.3) is 0 Å². The Morgan fingerprint density at radius 1 is 1.00 bits per heavy atom. The molecular weight excluding hydrogens is 312 g/mol. The highest BCUT2D eigenvalue weighted by atomic mass is 16.2. The second-order valence-corrected chi connectivity index (χ2v) is 6.75. The SMILES string of the molecule is O=C(CCC1(Cc2ccccc2)CCC(=O)N1)NCc1ccccc1. The van der Waals surface area contributed by atoms with Gasteiger partial charge in [0.2, 0.25) is 11.8 Å². The maximum Gasteiger partial charge on any atom is 0.220 e. The van der Waals surface area contributed by atoms with Crippen LogP contribution in [0.25, 0.3) is 0 Å². The van der Waals surface area contributed by atoms with Crippen molar-refractivity contribution in [2.45, 2.75) is 44.2 Å². The molecule has 1 saturated heterocycles. The molecule has 130 valence electrons.